The molecule has 0 atom stereocenters. The van der Waals surface area contributed by atoms with Gasteiger partial charge in [0.2, 0.25) is 0 Å². The van der Waals surface area contributed by atoms with Crippen LogP contribution in [0.5, 0.6) is 11.5 Å². The molecule has 0 radical (unpaired) electrons. The molecule has 0 fully saturated rings. The van der Waals surface area contributed by atoms with Gasteiger partial charge in [0, 0.05) is 23.5 Å². The van der Waals surface area contributed by atoms with Crippen LogP contribution in [0.4, 0.5) is 0 Å². The zero-order valence-corrected chi connectivity index (χ0v) is 15.4. The molecule has 2 aromatic rings. The standard InChI is InChI=1S/C20H25NO2S/c1-5-6-17-11-16(12-19(22-2)20(17)23-3)14-21-13-15-7-9-18(24-4)10-8-15/h5,7-12,21H,1,6,13-14H2,2-4H3. The van der Waals surface area contributed by atoms with Gasteiger partial charge in [-0.2, -0.15) is 0 Å². The first-order chi connectivity index (χ1) is 11.7. The van der Waals surface area contributed by atoms with E-state index < -0.39 is 0 Å². The highest BCUT2D eigenvalue weighted by Gasteiger charge is 2.11. The summed E-state index contributed by atoms with van der Waals surface area (Å²) in [5.74, 6) is 1.55. The maximum atomic E-state index is 5.48. The third kappa shape index (κ3) is 4.79. The van der Waals surface area contributed by atoms with Crippen molar-refractivity contribution in [3.63, 3.8) is 0 Å². The van der Waals surface area contributed by atoms with E-state index in [9.17, 15) is 0 Å². The number of hydrogen-bond acceptors (Lipinski definition) is 4. The monoisotopic (exact) mass is 343 g/mol. The van der Waals surface area contributed by atoms with Crippen LogP contribution in [0.25, 0.3) is 0 Å². The number of methoxy groups -OCH3 is 2. The molecule has 0 aliphatic rings. The van der Waals surface area contributed by atoms with Crippen LogP contribution in [0.15, 0.2) is 53.9 Å². The number of rotatable bonds is 9. The minimum atomic E-state index is 0.753. The third-order valence-corrected chi connectivity index (χ3v) is 4.54. The summed E-state index contributed by atoms with van der Waals surface area (Å²) >= 11 is 1.76. The summed E-state index contributed by atoms with van der Waals surface area (Å²) < 4.78 is 10.9. The zero-order chi connectivity index (χ0) is 17.4. The molecule has 0 amide bonds. The third-order valence-electron chi connectivity index (χ3n) is 3.80. The summed E-state index contributed by atoms with van der Waals surface area (Å²) in [6.45, 7) is 5.42. The Morgan fingerprint density at radius 1 is 1.04 bits per heavy atom. The van der Waals surface area contributed by atoms with E-state index >= 15 is 0 Å². The molecule has 0 aromatic heterocycles. The lowest BCUT2D eigenvalue weighted by molar-refractivity contribution is 0.351. The Kier molecular flexibility index (Phi) is 7.22. The second-order valence-corrected chi connectivity index (χ2v) is 6.31. The average molecular weight is 343 g/mol. The van der Waals surface area contributed by atoms with Gasteiger partial charge in [-0.05, 0) is 42.0 Å². The van der Waals surface area contributed by atoms with Crippen LogP contribution < -0.4 is 14.8 Å². The fraction of sp³-hybridized carbons (Fsp3) is 0.300. The SMILES string of the molecule is C=CCc1cc(CNCc2ccc(SC)cc2)cc(OC)c1OC. The normalized spacial score (nSPS) is 10.5. The van der Waals surface area contributed by atoms with Gasteiger partial charge in [0.05, 0.1) is 14.2 Å². The van der Waals surface area contributed by atoms with Crippen molar-refractivity contribution < 1.29 is 9.47 Å². The van der Waals surface area contributed by atoms with Crippen molar-refractivity contribution in [2.24, 2.45) is 0 Å². The summed E-state index contributed by atoms with van der Waals surface area (Å²) in [7, 11) is 3.33. The molecule has 4 heteroatoms. The van der Waals surface area contributed by atoms with Crippen LogP contribution in [-0.4, -0.2) is 20.5 Å². The van der Waals surface area contributed by atoms with Crippen molar-refractivity contribution in [1.82, 2.24) is 5.32 Å². The quantitative estimate of drug-likeness (QED) is 0.538. The number of benzene rings is 2. The van der Waals surface area contributed by atoms with Gasteiger partial charge in [-0.3, -0.25) is 0 Å². The highest BCUT2D eigenvalue weighted by Crippen LogP contribution is 2.33. The molecule has 0 saturated carbocycles. The van der Waals surface area contributed by atoms with Gasteiger partial charge in [-0.1, -0.05) is 24.3 Å². The van der Waals surface area contributed by atoms with Crippen LogP contribution in [0.2, 0.25) is 0 Å². The smallest absolute Gasteiger partial charge is 0.164 e. The highest BCUT2D eigenvalue weighted by molar-refractivity contribution is 7.98. The summed E-state index contributed by atoms with van der Waals surface area (Å²) in [5, 5.41) is 3.48. The van der Waals surface area contributed by atoms with Crippen molar-refractivity contribution in [3.8, 4) is 11.5 Å². The Morgan fingerprint density at radius 3 is 2.33 bits per heavy atom. The predicted octanol–water partition coefficient (Wildman–Crippen LogP) is 4.44. The van der Waals surface area contributed by atoms with Gasteiger partial charge in [-0.25, -0.2) is 0 Å². The van der Waals surface area contributed by atoms with Crippen molar-refractivity contribution in [2.45, 2.75) is 24.4 Å². The number of hydrogen-bond donors (Lipinski definition) is 1. The van der Waals surface area contributed by atoms with E-state index in [0.29, 0.717) is 0 Å². The van der Waals surface area contributed by atoms with E-state index in [-0.39, 0.29) is 0 Å². The van der Waals surface area contributed by atoms with Crippen molar-refractivity contribution >= 4 is 11.8 Å². The first-order valence-electron chi connectivity index (χ1n) is 7.90. The Morgan fingerprint density at radius 2 is 1.75 bits per heavy atom. The van der Waals surface area contributed by atoms with E-state index in [1.54, 1.807) is 26.0 Å². The van der Waals surface area contributed by atoms with Crippen molar-refractivity contribution in [2.75, 3.05) is 20.5 Å². The van der Waals surface area contributed by atoms with Crippen LogP contribution in [-0.2, 0) is 19.5 Å². The number of thioether (sulfide) groups is 1. The molecular weight excluding hydrogens is 318 g/mol. The van der Waals surface area contributed by atoms with E-state index in [1.807, 2.05) is 12.1 Å². The first-order valence-corrected chi connectivity index (χ1v) is 9.12. The molecule has 0 bridgehead atoms. The van der Waals surface area contributed by atoms with Gasteiger partial charge in [-0.15, -0.1) is 18.3 Å². The second kappa shape index (κ2) is 9.40. The maximum Gasteiger partial charge on any atom is 0.164 e. The highest BCUT2D eigenvalue weighted by atomic mass is 32.2. The van der Waals surface area contributed by atoms with E-state index in [2.05, 4.69) is 48.5 Å². The molecule has 3 nitrogen and oxygen atoms in total. The topological polar surface area (TPSA) is 30.5 Å². The summed E-state index contributed by atoms with van der Waals surface area (Å²) in [5.41, 5.74) is 3.54. The van der Waals surface area contributed by atoms with Gasteiger partial charge < -0.3 is 14.8 Å². The van der Waals surface area contributed by atoms with Gasteiger partial charge in [0.15, 0.2) is 11.5 Å². The molecule has 2 aromatic carbocycles. The molecule has 0 saturated heterocycles. The summed E-state index contributed by atoms with van der Waals surface area (Å²) in [4.78, 5) is 1.28. The van der Waals surface area contributed by atoms with Crippen molar-refractivity contribution in [1.29, 1.82) is 0 Å². The second-order valence-electron chi connectivity index (χ2n) is 5.43. The molecule has 0 aliphatic carbocycles. The lowest BCUT2D eigenvalue weighted by Gasteiger charge is -2.15. The minimum Gasteiger partial charge on any atom is -0.493 e. The number of nitrogens with one attached hydrogen (secondary N) is 1. The molecule has 1 N–H and O–H groups in total. The lowest BCUT2D eigenvalue weighted by atomic mass is 10.1. The molecule has 0 spiro atoms. The summed E-state index contributed by atoms with van der Waals surface area (Å²) in [6.07, 6.45) is 4.72. The Bertz CT molecular complexity index is 668. The van der Waals surface area contributed by atoms with Crippen LogP contribution in [0.1, 0.15) is 16.7 Å². The molecule has 0 heterocycles. The van der Waals surface area contributed by atoms with Gasteiger partial charge in [0.1, 0.15) is 0 Å². The number of allylic oxidation sites excluding steroid dienone is 1. The first kappa shape index (κ1) is 18.4. The Balaban J connectivity index is 2.05. The Labute approximate surface area is 149 Å². The largest absolute Gasteiger partial charge is 0.493 e. The fourth-order valence-electron chi connectivity index (χ4n) is 2.61. The molecule has 0 unspecified atom stereocenters. The zero-order valence-electron chi connectivity index (χ0n) is 14.6. The van der Waals surface area contributed by atoms with E-state index in [1.165, 1.54) is 16.0 Å². The summed E-state index contributed by atoms with van der Waals surface area (Å²) in [6, 6.07) is 12.8. The average Bonchev–Trinajstić information content (AvgIpc) is 2.62. The molecule has 2 rings (SSSR count). The minimum absolute atomic E-state index is 0.753. The number of ether oxygens (including phenoxy) is 2. The Hall–Kier alpha value is -1.91. The van der Waals surface area contributed by atoms with Crippen molar-refractivity contribution in [3.05, 3.63) is 65.7 Å². The molecule has 128 valence electrons. The molecule has 0 aliphatic heterocycles. The molecular formula is C20H25NO2S. The van der Waals surface area contributed by atoms with E-state index in [4.69, 9.17) is 9.47 Å². The van der Waals surface area contributed by atoms with Crippen LogP contribution in [0.3, 0.4) is 0 Å². The van der Waals surface area contributed by atoms with E-state index in [0.717, 1.165) is 36.6 Å². The molecule has 24 heavy (non-hydrogen) atoms. The van der Waals surface area contributed by atoms with Crippen LogP contribution in [0, 0.1) is 0 Å². The van der Waals surface area contributed by atoms with Crippen LogP contribution >= 0.6 is 11.8 Å². The van der Waals surface area contributed by atoms with Gasteiger partial charge >= 0.3 is 0 Å². The maximum absolute atomic E-state index is 5.48. The fourth-order valence-corrected chi connectivity index (χ4v) is 3.02. The van der Waals surface area contributed by atoms with Gasteiger partial charge in [0.25, 0.3) is 0 Å². The predicted molar refractivity (Wildman–Crippen MR) is 102 cm³/mol. The lowest BCUT2D eigenvalue weighted by Crippen LogP contribution is -2.13.